The molecule has 0 aliphatic carbocycles. The number of hydrogen-bond acceptors (Lipinski definition) is 3. The first-order chi connectivity index (χ1) is 15.3. The normalized spacial score (nSPS) is 16.6. The molecule has 0 aromatic heterocycles. The zero-order valence-electron chi connectivity index (χ0n) is 18.6. The molecule has 1 amide bonds. The molecule has 0 spiro atoms. The first kappa shape index (κ1) is 22.2. The molecule has 1 N–H and O–H groups in total. The summed E-state index contributed by atoms with van der Waals surface area (Å²) in [6, 6.07) is 21.3. The molecule has 166 valence electrons. The van der Waals surface area contributed by atoms with Gasteiger partial charge in [0.25, 0.3) is 0 Å². The Morgan fingerprint density at radius 3 is 2.19 bits per heavy atom. The van der Waals surface area contributed by atoms with Crippen LogP contribution in [0.2, 0.25) is 0 Å². The molecule has 4 rings (SSSR count). The fraction of sp³-hybridized carbons (Fsp3) is 0.269. The third-order valence-electron chi connectivity index (χ3n) is 5.98. The van der Waals surface area contributed by atoms with E-state index in [4.69, 9.17) is 0 Å². The van der Waals surface area contributed by atoms with Crippen LogP contribution in [0.25, 0.3) is 0 Å². The maximum Gasteiger partial charge on any atom is 0.244 e. The number of anilines is 1. The van der Waals surface area contributed by atoms with Crippen molar-refractivity contribution in [1.29, 1.82) is 0 Å². The predicted molar refractivity (Wildman–Crippen MR) is 127 cm³/mol. The van der Waals surface area contributed by atoms with Crippen molar-refractivity contribution in [3.63, 3.8) is 0 Å². The monoisotopic (exact) mass is 448 g/mol. The molecule has 3 aromatic carbocycles. The molecule has 0 radical (unpaired) electrons. The molecule has 3 aromatic rings. The Kier molecular flexibility index (Phi) is 6.17. The molecule has 5 nitrogen and oxygen atoms in total. The molecule has 6 heteroatoms. The Bertz CT molecular complexity index is 1220. The zero-order valence-corrected chi connectivity index (χ0v) is 19.4. The van der Waals surface area contributed by atoms with E-state index < -0.39 is 16.1 Å². The van der Waals surface area contributed by atoms with E-state index in [1.54, 1.807) is 24.3 Å². The summed E-state index contributed by atoms with van der Waals surface area (Å²) in [5.41, 5.74) is 4.74. The van der Waals surface area contributed by atoms with Crippen LogP contribution in [0.3, 0.4) is 0 Å². The highest BCUT2D eigenvalue weighted by atomic mass is 32.2. The molecule has 0 saturated carbocycles. The number of carbonyl (C=O) groups excluding carboxylic acids is 1. The number of benzene rings is 3. The van der Waals surface area contributed by atoms with Gasteiger partial charge in [0, 0.05) is 12.2 Å². The van der Waals surface area contributed by atoms with Crippen molar-refractivity contribution in [1.82, 2.24) is 4.31 Å². The second kappa shape index (κ2) is 8.88. The highest BCUT2D eigenvalue weighted by Crippen LogP contribution is 2.30. The second-order valence-electron chi connectivity index (χ2n) is 8.62. The Labute approximate surface area is 190 Å². The van der Waals surface area contributed by atoms with Gasteiger partial charge in [-0.3, -0.25) is 4.79 Å². The molecule has 1 aliphatic rings. The zero-order chi connectivity index (χ0) is 22.9. The Morgan fingerprint density at radius 2 is 1.56 bits per heavy atom. The first-order valence-corrected chi connectivity index (χ1v) is 12.3. The summed E-state index contributed by atoms with van der Waals surface area (Å²) in [4.78, 5) is 13.5. The molecule has 1 aliphatic heterocycles. The fourth-order valence-electron chi connectivity index (χ4n) is 4.00. The van der Waals surface area contributed by atoms with Crippen LogP contribution in [0, 0.1) is 6.92 Å². The van der Waals surface area contributed by atoms with Crippen LogP contribution in [0.5, 0.6) is 0 Å². The van der Waals surface area contributed by atoms with E-state index in [1.165, 1.54) is 9.87 Å². The van der Waals surface area contributed by atoms with Gasteiger partial charge in [-0.1, -0.05) is 67.9 Å². The minimum atomic E-state index is -3.85. The molecule has 0 saturated heterocycles. The smallest absolute Gasteiger partial charge is 0.244 e. The molecule has 1 atom stereocenters. The summed E-state index contributed by atoms with van der Waals surface area (Å²) in [6.07, 6.45) is 0.331. The van der Waals surface area contributed by atoms with E-state index in [9.17, 15) is 13.2 Å². The van der Waals surface area contributed by atoms with Gasteiger partial charge in [0.1, 0.15) is 6.04 Å². The van der Waals surface area contributed by atoms with Crippen molar-refractivity contribution in [2.45, 2.75) is 50.6 Å². The Hall–Kier alpha value is -2.96. The van der Waals surface area contributed by atoms with E-state index >= 15 is 0 Å². The second-order valence-corrected chi connectivity index (χ2v) is 10.5. The summed E-state index contributed by atoms with van der Waals surface area (Å²) in [6.45, 7) is 6.30. The number of hydrogen-bond donors (Lipinski definition) is 1. The molecule has 0 unspecified atom stereocenters. The lowest BCUT2D eigenvalue weighted by molar-refractivity contribution is -0.120. The number of aryl methyl sites for hydroxylation is 1. The Morgan fingerprint density at radius 1 is 0.938 bits per heavy atom. The van der Waals surface area contributed by atoms with Crippen LogP contribution in [-0.2, 0) is 27.8 Å². The topological polar surface area (TPSA) is 66.5 Å². The number of carbonyl (C=O) groups is 1. The number of rotatable bonds is 5. The number of nitrogens with one attached hydrogen (secondary N) is 1. The summed E-state index contributed by atoms with van der Waals surface area (Å²) in [7, 11) is -3.85. The van der Waals surface area contributed by atoms with Gasteiger partial charge in [-0.15, -0.1) is 0 Å². The van der Waals surface area contributed by atoms with Gasteiger partial charge in [0.2, 0.25) is 15.9 Å². The first-order valence-electron chi connectivity index (χ1n) is 10.8. The minimum absolute atomic E-state index is 0.163. The van der Waals surface area contributed by atoms with Gasteiger partial charge in [0.05, 0.1) is 4.90 Å². The standard InChI is InChI=1S/C26H28N2O3S/c1-18(2)20-10-12-23(13-11-20)27-26(29)25-16-21-6-4-5-7-22(21)17-28(25)32(30,31)24-14-8-19(3)9-15-24/h4-15,18,25H,16-17H2,1-3H3,(H,27,29)/t25-/m0/s1. The highest BCUT2D eigenvalue weighted by molar-refractivity contribution is 7.89. The third kappa shape index (κ3) is 4.47. The van der Waals surface area contributed by atoms with E-state index in [0.29, 0.717) is 18.0 Å². The molecular formula is C26H28N2O3S. The van der Waals surface area contributed by atoms with Crippen molar-refractivity contribution in [2.24, 2.45) is 0 Å². The SMILES string of the molecule is Cc1ccc(S(=O)(=O)N2Cc3ccccc3C[C@H]2C(=O)Nc2ccc(C(C)C)cc2)cc1. The lowest BCUT2D eigenvalue weighted by Crippen LogP contribution is -2.50. The van der Waals surface area contributed by atoms with Crippen molar-refractivity contribution < 1.29 is 13.2 Å². The summed E-state index contributed by atoms with van der Waals surface area (Å²) in [5, 5.41) is 2.93. The van der Waals surface area contributed by atoms with E-state index in [1.807, 2.05) is 55.5 Å². The highest BCUT2D eigenvalue weighted by Gasteiger charge is 2.39. The predicted octanol–water partition coefficient (Wildman–Crippen LogP) is 4.87. The number of sulfonamides is 1. The van der Waals surface area contributed by atoms with Crippen LogP contribution in [0.4, 0.5) is 5.69 Å². The third-order valence-corrected chi connectivity index (χ3v) is 7.85. The average Bonchev–Trinajstić information content (AvgIpc) is 2.78. The average molecular weight is 449 g/mol. The van der Waals surface area contributed by atoms with Crippen LogP contribution < -0.4 is 5.32 Å². The molecule has 32 heavy (non-hydrogen) atoms. The molecule has 0 bridgehead atoms. The van der Waals surface area contributed by atoms with Crippen molar-refractivity contribution in [3.8, 4) is 0 Å². The molecule has 0 fully saturated rings. The number of amides is 1. The number of nitrogens with zero attached hydrogens (tertiary/aromatic N) is 1. The molecule has 1 heterocycles. The van der Waals surface area contributed by atoms with Crippen molar-refractivity contribution in [3.05, 3.63) is 95.1 Å². The minimum Gasteiger partial charge on any atom is -0.325 e. The van der Waals surface area contributed by atoms with Gasteiger partial charge < -0.3 is 5.32 Å². The lowest BCUT2D eigenvalue weighted by Gasteiger charge is -2.35. The lowest BCUT2D eigenvalue weighted by atomic mass is 9.95. The van der Waals surface area contributed by atoms with Gasteiger partial charge in [0.15, 0.2) is 0 Å². The van der Waals surface area contributed by atoms with Gasteiger partial charge in [-0.05, 0) is 60.2 Å². The maximum absolute atomic E-state index is 13.5. The number of fused-ring (bicyclic) bond motifs is 1. The van der Waals surface area contributed by atoms with Crippen LogP contribution in [0.1, 0.15) is 42.0 Å². The Balaban J connectivity index is 1.66. The largest absolute Gasteiger partial charge is 0.325 e. The van der Waals surface area contributed by atoms with Crippen LogP contribution in [0.15, 0.2) is 77.7 Å². The van der Waals surface area contributed by atoms with Crippen LogP contribution >= 0.6 is 0 Å². The summed E-state index contributed by atoms with van der Waals surface area (Å²) < 4.78 is 28.4. The molecular weight excluding hydrogens is 420 g/mol. The maximum atomic E-state index is 13.5. The van der Waals surface area contributed by atoms with Crippen molar-refractivity contribution in [2.75, 3.05) is 5.32 Å². The quantitative estimate of drug-likeness (QED) is 0.605. The van der Waals surface area contributed by atoms with Crippen molar-refractivity contribution >= 4 is 21.6 Å². The fourth-order valence-corrected chi connectivity index (χ4v) is 5.56. The van der Waals surface area contributed by atoms with E-state index in [2.05, 4.69) is 19.2 Å². The van der Waals surface area contributed by atoms with E-state index in [-0.39, 0.29) is 17.3 Å². The summed E-state index contributed by atoms with van der Waals surface area (Å²) in [5.74, 6) is 0.0669. The van der Waals surface area contributed by atoms with Gasteiger partial charge in [-0.2, -0.15) is 4.31 Å². The van der Waals surface area contributed by atoms with Crippen LogP contribution in [-0.4, -0.2) is 24.7 Å². The van der Waals surface area contributed by atoms with E-state index in [0.717, 1.165) is 16.7 Å². The van der Waals surface area contributed by atoms with Gasteiger partial charge in [-0.25, -0.2) is 8.42 Å². The van der Waals surface area contributed by atoms with Gasteiger partial charge >= 0.3 is 0 Å². The summed E-state index contributed by atoms with van der Waals surface area (Å²) >= 11 is 0.